The largest absolute Gasteiger partial charge is 0.347 e. The van der Waals surface area contributed by atoms with Crippen LogP contribution in [0.3, 0.4) is 0 Å². The van der Waals surface area contributed by atoms with Crippen LogP contribution in [0, 0.1) is 6.92 Å². The van der Waals surface area contributed by atoms with Crippen LogP contribution < -0.4 is 10.2 Å². The maximum Gasteiger partial charge on any atom is 0.258 e. The Morgan fingerprint density at radius 3 is 2.12 bits per heavy atom. The van der Waals surface area contributed by atoms with Gasteiger partial charge in [0.25, 0.3) is 11.8 Å². The minimum Gasteiger partial charge on any atom is -0.347 e. The van der Waals surface area contributed by atoms with Crippen molar-refractivity contribution < 1.29 is 9.59 Å². The number of aryl methyl sites for hydroxylation is 1. The summed E-state index contributed by atoms with van der Waals surface area (Å²) in [7, 11) is 0. The first-order valence-corrected chi connectivity index (χ1v) is 8.52. The number of amides is 2. The van der Waals surface area contributed by atoms with Gasteiger partial charge in [-0.2, -0.15) is 0 Å². The van der Waals surface area contributed by atoms with Gasteiger partial charge in [-0.05, 0) is 76.6 Å². The summed E-state index contributed by atoms with van der Waals surface area (Å²) >= 11 is 0. The molecule has 0 bridgehead atoms. The molecule has 0 radical (unpaired) electrons. The molecule has 132 valence electrons. The Balaban J connectivity index is 2.20. The van der Waals surface area contributed by atoms with E-state index in [1.807, 2.05) is 58.9 Å². The third kappa shape index (κ3) is 4.92. The zero-order valence-corrected chi connectivity index (χ0v) is 15.6. The molecule has 0 heterocycles. The van der Waals surface area contributed by atoms with E-state index in [-0.39, 0.29) is 17.4 Å². The number of hydrogen-bond acceptors (Lipinski definition) is 2. The van der Waals surface area contributed by atoms with Crippen molar-refractivity contribution in [2.24, 2.45) is 0 Å². The van der Waals surface area contributed by atoms with Gasteiger partial charge in [-0.3, -0.25) is 9.59 Å². The molecule has 0 unspecified atom stereocenters. The van der Waals surface area contributed by atoms with E-state index in [9.17, 15) is 9.59 Å². The fraction of sp³-hybridized carbons (Fsp3) is 0.333. The lowest BCUT2D eigenvalue weighted by molar-refractivity contribution is 0.0917. The lowest BCUT2D eigenvalue weighted by atomic mass is 10.1. The van der Waals surface area contributed by atoms with E-state index < -0.39 is 0 Å². The fourth-order valence-electron chi connectivity index (χ4n) is 2.57. The average Bonchev–Trinajstić information content (AvgIpc) is 2.54. The molecule has 2 amide bonds. The molecule has 0 saturated heterocycles. The SMILES string of the molecule is CCN(C(=O)c1ccc(C(=O)NC(C)(C)C)cc1)c1cccc(C)c1. The zero-order valence-electron chi connectivity index (χ0n) is 15.6. The van der Waals surface area contributed by atoms with Crippen molar-refractivity contribution in [1.29, 1.82) is 0 Å². The maximum atomic E-state index is 12.8. The summed E-state index contributed by atoms with van der Waals surface area (Å²) in [4.78, 5) is 26.7. The first-order chi connectivity index (χ1) is 11.7. The molecule has 0 atom stereocenters. The van der Waals surface area contributed by atoms with Gasteiger partial charge in [-0.15, -0.1) is 0 Å². The lowest BCUT2D eigenvalue weighted by Gasteiger charge is -2.22. The van der Waals surface area contributed by atoms with Gasteiger partial charge in [0.05, 0.1) is 0 Å². The van der Waals surface area contributed by atoms with E-state index >= 15 is 0 Å². The summed E-state index contributed by atoms with van der Waals surface area (Å²) in [6.45, 7) is 10.3. The Labute approximate surface area is 149 Å². The Bertz CT molecular complexity index is 758. The second kappa shape index (κ2) is 7.51. The van der Waals surface area contributed by atoms with E-state index in [2.05, 4.69) is 5.32 Å². The fourth-order valence-corrected chi connectivity index (χ4v) is 2.57. The molecular weight excluding hydrogens is 312 g/mol. The first-order valence-electron chi connectivity index (χ1n) is 8.52. The smallest absolute Gasteiger partial charge is 0.258 e. The van der Waals surface area contributed by atoms with Crippen LogP contribution in [0.2, 0.25) is 0 Å². The summed E-state index contributed by atoms with van der Waals surface area (Å²) in [5.74, 6) is -0.214. The molecule has 1 N–H and O–H groups in total. The van der Waals surface area contributed by atoms with Crippen LogP contribution in [0.1, 0.15) is 54.0 Å². The van der Waals surface area contributed by atoms with Gasteiger partial charge >= 0.3 is 0 Å². The van der Waals surface area contributed by atoms with Crippen molar-refractivity contribution in [3.63, 3.8) is 0 Å². The first kappa shape index (κ1) is 18.7. The molecule has 0 spiro atoms. The minimum absolute atomic E-state index is 0.0733. The molecule has 4 nitrogen and oxygen atoms in total. The van der Waals surface area contributed by atoms with Crippen molar-refractivity contribution >= 4 is 17.5 Å². The van der Waals surface area contributed by atoms with Crippen molar-refractivity contribution in [2.75, 3.05) is 11.4 Å². The molecule has 2 rings (SSSR count). The second-order valence-corrected chi connectivity index (χ2v) is 7.17. The van der Waals surface area contributed by atoms with Gasteiger partial charge in [-0.1, -0.05) is 12.1 Å². The summed E-state index contributed by atoms with van der Waals surface area (Å²) in [6, 6.07) is 14.7. The molecule has 4 heteroatoms. The Hall–Kier alpha value is -2.62. The number of carbonyl (C=O) groups is 2. The Morgan fingerprint density at radius 1 is 1.00 bits per heavy atom. The predicted octanol–water partition coefficient (Wildman–Crippen LogP) is 4.19. The summed E-state index contributed by atoms with van der Waals surface area (Å²) in [5, 5.41) is 2.92. The third-order valence-electron chi connectivity index (χ3n) is 3.76. The third-order valence-corrected chi connectivity index (χ3v) is 3.76. The minimum atomic E-state index is -0.296. The number of anilines is 1. The molecule has 0 aliphatic carbocycles. The van der Waals surface area contributed by atoms with Crippen molar-refractivity contribution in [3.8, 4) is 0 Å². The summed E-state index contributed by atoms with van der Waals surface area (Å²) in [6.07, 6.45) is 0. The Kier molecular flexibility index (Phi) is 5.62. The second-order valence-electron chi connectivity index (χ2n) is 7.17. The molecule has 0 saturated carbocycles. The van der Waals surface area contributed by atoms with Crippen molar-refractivity contribution in [2.45, 2.75) is 40.2 Å². The van der Waals surface area contributed by atoms with Crippen LogP contribution in [0.15, 0.2) is 48.5 Å². The van der Waals surface area contributed by atoms with Gasteiger partial charge in [-0.25, -0.2) is 0 Å². The van der Waals surface area contributed by atoms with E-state index in [4.69, 9.17) is 0 Å². The standard InChI is InChI=1S/C21H26N2O2/c1-6-23(18-9-7-8-15(2)14-18)20(25)17-12-10-16(11-13-17)19(24)22-21(3,4)5/h7-14H,6H2,1-5H3,(H,22,24). The molecule has 0 aliphatic rings. The zero-order chi connectivity index (χ0) is 18.6. The molecule has 0 aliphatic heterocycles. The van der Waals surface area contributed by atoms with Crippen LogP contribution in [0.25, 0.3) is 0 Å². The summed E-state index contributed by atoms with van der Waals surface area (Å²) < 4.78 is 0. The number of nitrogens with zero attached hydrogens (tertiary/aromatic N) is 1. The lowest BCUT2D eigenvalue weighted by Crippen LogP contribution is -2.40. The highest BCUT2D eigenvalue weighted by Gasteiger charge is 2.18. The molecule has 25 heavy (non-hydrogen) atoms. The molecular formula is C21H26N2O2. The van der Waals surface area contributed by atoms with E-state index in [1.54, 1.807) is 29.2 Å². The van der Waals surface area contributed by atoms with E-state index in [0.717, 1.165) is 11.3 Å². The monoisotopic (exact) mass is 338 g/mol. The number of benzene rings is 2. The predicted molar refractivity (Wildman–Crippen MR) is 102 cm³/mol. The number of hydrogen-bond donors (Lipinski definition) is 1. The highest BCUT2D eigenvalue weighted by atomic mass is 16.2. The number of rotatable bonds is 4. The number of nitrogens with one attached hydrogen (secondary N) is 1. The normalized spacial score (nSPS) is 11.1. The van der Waals surface area contributed by atoms with E-state index in [0.29, 0.717) is 17.7 Å². The topological polar surface area (TPSA) is 49.4 Å². The number of carbonyl (C=O) groups excluding carboxylic acids is 2. The van der Waals surface area contributed by atoms with Crippen molar-refractivity contribution in [3.05, 3.63) is 65.2 Å². The molecule has 2 aromatic rings. The van der Waals surface area contributed by atoms with Gasteiger partial charge in [0.2, 0.25) is 0 Å². The quantitative estimate of drug-likeness (QED) is 0.909. The highest BCUT2D eigenvalue weighted by molar-refractivity contribution is 6.06. The van der Waals surface area contributed by atoms with Crippen molar-refractivity contribution in [1.82, 2.24) is 5.32 Å². The maximum absolute atomic E-state index is 12.8. The van der Waals surface area contributed by atoms with Gasteiger partial charge in [0.1, 0.15) is 0 Å². The molecule has 0 fully saturated rings. The highest BCUT2D eigenvalue weighted by Crippen LogP contribution is 2.19. The van der Waals surface area contributed by atoms with Crippen LogP contribution in [-0.4, -0.2) is 23.9 Å². The Morgan fingerprint density at radius 2 is 1.60 bits per heavy atom. The van der Waals surface area contributed by atoms with Crippen LogP contribution in [0.5, 0.6) is 0 Å². The molecule has 0 aromatic heterocycles. The van der Waals surface area contributed by atoms with Gasteiger partial charge in [0.15, 0.2) is 0 Å². The van der Waals surface area contributed by atoms with Crippen LogP contribution in [0.4, 0.5) is 5.69 Å². The van der Waals surface area contributed by atoms with Gasteiger partial charge < -0.3 is 10.2 Å². The average molecular weight is 338 g/mol. The van der Waals surface area contributed by atoms with Crippen LogP contribution in [-0.2, 0) is 0 Å². The van der Waals surface area contributed by atoms with E-state index in [1.165, 1.54) is 0 Å². The molecule has 2 aromatic carbocycles. The van der Waals surface area contributed by atoms with Gasteiger partial charge in [0, 0.05) is 28.9 Å². The summed E-state index contributed by atoms with van der Waals surface area (Å²) in [5.41, 5.74) is 2.80. The van der Waals surface area contributed by atoms with Crippen LogP contribution >= 0.6 is 0 Å².